The monoisotopic (exact) mass is 159 g/mol. The summed E-state index contributed by atoms with van der Waals surface area (Å²) in [7, 11) is 3.25. The number of hydrogen-bond acceptors (Lipinski definition) is 3. The lowest BCUT2D eigenvalue weighted by molar-refractivity contribution is -0.111. The first-order valence-corrected chi connectivity index (χ1v) is 3.91. The Labute approximate surface area is 68.1 Å². The van der Waals surface area contributed by atoms with Crippen LogP contribution in [-0.4, -0.2) is 33.6 Å². The maximum Gasteiger partial charge on any atom is 0.123 e. The molecule has 0 aromatic rings. The van der Waals surface area contributed by atoms with Crippen LogP contribution in [-0.2, 0) is 9.53 Å². The summed E-state index contributed by atoms with van der Waals surface area (Å²) in [5.41, 5.74) is 0. The molecule has 1 heterocycles. The van der Waals surface area contributed by atoms with E-state index in [1.54, 1.807) is 14.2 Å². The second kappa shape index (κ2) is 7.69. The van der Waals surface area contributed by atoms with Crippen LogP contribution < -0.4 is 5.32 Å². The molecular weight excluding hydrogens is 142 g/mol. The average molecular weight is 159 g/mol. The summed E-state index contributed by atoms with van der Waals surface area (Å²) in [5, 5.41) is 3.19. The molecule has 0 aromatic carbocycles. The van der Waals surface area contributed by atoms with E-state index in [1.165, 1.54) is 0 Å². The molecule has 11 heavy (non-hydrogen) atoms. The third kappa shape index (κ3) is 6.01. The number of methoxy groups -OCH3 is 1. The number of rotatable bonds is 1. The molecular formula is C8H17NO2. The molecule has 0 atom stereocenters. The van der Waals surface area contributed by atoms with Crippen molar-refractivity contribution >= 4 is 6.29 Å². The van der Waals surface area contributed by atoms with Gasteiger partial charge in [0.2, 0.25) is 0 Å². The van der Waals surface area contributed by atoms with Crippen molar-refractivity contribution in [2.24, 2.45) is 5.92 Å². The summed E-state index contributed by atoms with van der Waals surface area (Å²) in [6.07, 6.45) is 3.13. The summed E-state index contributed by atoms with van der Waals surface area (Å²) >= 11 is 0. The van der Waals surface area contributed by atoms with Crippen molar-refractivity contribution < 1.29 is 9.53 Å². The molecule has 3 nitrogen and oxygen atoms in total. The Balaban J connectivity index is 0.000000292. The average Bonchev–Trinajstić information content (AvgIpc) is 2.08. The zero-order valence-corrected chi connectivity index (χ0v) is 7.30. The fourth-order valence-electron chi connectivity index (χ4n) is 0.980. The Morgan fingerprint density at radius 3 is 2.09 bits per heavy atom. The van der Waals surface area contributed by atoms with Crippen molar-refractivity contribution in [3.8, 4) is 0 Å². The molecule has 0 bridgehead atoms. The van der Waals surface area contributed by atoms with Crippen molar-refractivity contribution in [3.05, 3.63) is 0 Å². The summed E-state index contributed by atoms with van der Waals surface area (Å²) in [6.45, 7) is 2.03. The molecule has 0 amide bonds. The van der Waals surface area contributed by atoms with Gasteiger partial charge in [0.25, 0.3) is 0 Å². The molecule has 0 spiro atoms. The van der Waals surface area contributed by atoms with Crippen molar-refractivity contribution in [3.63, 3.8) is 0 Å². The molecule has 1 rings (SSSR count). The molecule has 1 fully saturated rings. The quantitative estimate of drug-likeness (QED) is 0.564. The Morgan fingerprint density at radius 2 is 1.82 bits per heavy atom. The van der Waals surface area contributed by atoms with Gasteiger partial charge in [-0.1, -0.05) is 0 Å². The van der Waals surface area contributed by atoms with Crippen molar-refractivity contribution in [2.45, 2.75) is 12.8 Å². The lowest BCUT2D eigenvalue weighted by atomic mass is 10.0. The van der Waals surface area contributed by atoms with Gasteiger partial charge in [0.15, 0.2) is 0 Å². The van der Waals surface area contributed by atoms with E-state index in [2.05, 4.69) is 10.1 Å². The molecule has 3 heteroatoms. The summed E-state index contributed by atoms with van der Waals surface area (Å²) < 4.78 is 4.25. The molecule has 0 saturated carbocycles. The summed E-state index contributed by atoms with van der Waals surface area (Å²) in [5.74, 6) is 0.344. The van der Waals surface area contributed by atoms with Crippen LogP contribution in [0.5, 0.6) is 0 Å². The van der Waals surface area contributed by atoms with Gasteiger partial charge in [-0.25, -0.2) is 0 Å². The van der Waals surface area contributed by atoms with Crippen LogP contribution in [0.25, 0.3) is 0 Å². The fraction of sp³-hybridized carbons (Fsp3) is 0.875. The standard InChI is InChI=1S/C6H11NO.C2H6O/c8-5-6-1-3-7-4-2-6;1-3-2/h5-7H,1-4H2;1-2H3. The molecule has 1 aliphatic heterocycles. The molecule has 1 saturated heterocycles. The second-order valence-corrected chi connectivity index (χ2v) is 2.63. The summed E-state index contributed by atoms with van der Waals surface area (Å²) in [6, 6.07) is 0. The third-order valence-electron chi connectivity index (χ3n) is 1.58. The normalized spacial score (nSPS) is 18.4. The largest absolute Gasteiger partial charge is 0.388 e. The topological polar surface area (TPSA) is 38.3 Å². The van der Waals surface area contributed by atoms with Crippen LogP contribution >= 0.6 is 0 Å². The van der Waals surface area contributed by atoms with Gasteiger partial charge in [0.05, 0.1) is 0 Å². The number of ether oxygens (including phenoxy) is 1. The van der Waals surface area contributed by atoms with Crippen LogP contribution in [0, 0.1) is 5.92 Å². The highest BCUT2D eigenvalue weighted by atomic mass is 16.4. The SMILES string of the molecule is COC.O=CC1CCNCC1. The Kier molecular flexibility index (Phi) is 7.41. The number of hydrogen-bond donors (Lipinski definition) is 1. The molecule has 0 aromatic heterocycles. The molecule has 1 aliphatic rings. The maximum atomic E-state index is 10.1. The first-order chi connectivity index (χ1) is 5.35. The van der Waals surface area contributed by atoms with Crippen molar-refractivity contribution in [1.82, 2.24) is 5.32 Å². The van der Waals surface area contributed by atoms with Crippen LogP contribution in [0.4, 0.5) is 0 Å². The van der Waals surface area contributed by atoms with E-state index in [4.69, 9.17) is 0 Å². The fourth-order valence-corrected chi connectivity index (χ4v) is 0.980. The number of carbonyl (C=O) groups is 1. The predicted molar refractivity (Wildman–Crippen MR) is 44.6 cm³/mol. The van der Waals surface area contributed by atoms with E-state index < -0.39 is 0 Å². The van der Waals surface area contributed by atoms with Gasteiger partial charge in [-0.2, -0.15) is 0 Å². The van der Waals surface area contributed by atoms with Gasteiger partial charge in [-0.05, 0) is 25.9 Å². The lowest BCUT2D eigenvalue weighted by Crippen LogP contribution is -2.28. The van der Waals surface area contributed by atoms with Gasteiger partial charge < -0.3 is 14.8 Å². The van der Waals surface area contributed by atoms with E-state index in [0.29, 0.717) is 5.92 Å². The van der Waals surface area contributed by atoms with E-state index >= 15 is 0 Å². The maximum absolute atomic E-state index is 10.1. The number of nitrogens with one attached hydrogen (secondary N) is 1. The minimum absolute atomic E-state index is 0.344. The molecule has 0 radical (unpaired) electrons. The van der Waals surface area contributed by atoms with Gasteiger partial charge in [-0.15, -0.1) is 0 Å². The van der Waals surface area contributed by atoms with E-state index in [1.807, 2.05) is 0 Å². The second-order valence-electron chi connectivity index (χ2n) is 2.63. The highest BCUT2D eigenvalue weighted by Gasteiger charge is 2.09. The van der Waals surface area contributed by atoms with Gasteiger partial charge >= 0.3 is 0 Å². The Hall–Kier alpha value is -0.410. The van der Waals surface area contributed by atoms with Gasteiger partial charge in [0.1, 0.15) is 6.29 Å². The molecule has 0 aliphatic carbocycles. The van der Waals surface area contributed by atoms with Crippen LogP contribution in [0.1, 0.15) is 12.8 Å². The minimum Gasteiger partial charge on any atom is -0.388 e. The Morgan fingerprint density at radius 1 is 1.36 bits per heavy atom. The lowest BCUT2D eigenvalue weighted by Gasteiger charge is -2.16. The Bertz CT molecular complexity index is 90.1. The van der Waals surface area contributed by atoms with Gasteiger partial charge in [0, 0.05) is 20.1 Å². The third-order valence-corrected chi connectivity index (χ3v) is 1.58. The first kappa shape index (κ1) is 10.6. The van der Waals surface area contributed by atoms with Crippen LogP contribution in [0.2, 0.25) is 0 Å². The van der Waals surface area contributed by atoms with Gasteiger partial charge in [-0.3, -0.25) is 0 Å². The predicted octanol–water partition coefficient (Wildman–Crippen LogP) is 0.447. The highest BCUT2D eigenvalue weighted by molar-refractivity contribution is 5.53. The molecule has 66 valence electrons. The molecule has 1 N–H and O–H groups in total. The highest BCUT2D eigenvalue weighted by Crippen LogP contribution is 2.06. The molecule has 0 unspecified atom stereocenters. The number of carbonyl (C=O) groups excluding carboxylic acids is 1. The van der Waals surface area contributed by atoms with Crippen LogP contribution in [0.3, 0.4) is 0 Å². The van der Waals surface area contributed by atoms with Crippen LogP contribution in [0.15, 0.2) is 0 Å². The number of aldehydes is 1. The van der Waals surface area contributed by atoms with Crippen molar-refractivity contribution in [1.29, 1.82) is 0 Å². The van der Waals surface area contributed by atoms with Crippen molar-refractivity contribution in [2.75, 3.05) is 27.3 Å². The first-order valence-electron chi connectivity index (χ1n) is 3.91. The smallest absolute Gasteiger partial charge is 0.123 e. The van der Waals surface area contributed by atoms with E-state index in [-0.39, 0.29) is 0 Å². The number of piperidine rings is 1. The zero-order chi connectivity index (χ0) is 8.53. The van der Waals surface area contributed by atoms with E-state index in [0.717, 1.165) is 32.2 Å². The minimum atomic E-state index is 0.344. The van der Waals surface area contributed by atoms with E-state index in [9.17, 15) is 4.79 Å². The zero-order valence-electron chi connectivity index (χ0n) is 7.30. The summed E-state index contributed by atoms with van der Waals surface area (Å²) in [4.78, 5) is 10.1.